The molecule has 1 aromatic rings. The summed E-state index contributed by atoms with van der Waals surface area (Å²) < 4.78 is 0. The standard InChI is InChI=1S/C25H39N3O2/c1-3-26(4-2)21-12-10-20(11-13-21)24-22-9-5-6-14-25(22,30)15-18-28(24)19-23(29)27-16-7-8-17-27/h10-13,22,24,30H,3-9,14-19H2,1-2H3/t22-,24-,25-/m0/s1. The van der Waals surface area contributed by atoms with E-state index >= 15 is 0 Å². The fourth-order valence-electron chi connectivity index (χ4n) is 6.07. The van der Waals surface area contributed by atoms with Gasteiger partial charge in [0.2, 0.25) is 5.91 Å². The summed E-state index contributed by atoms with van der Waals surface area (Å²) in [6.07, 6.45) is 7.29. The summed E-state index contributed by atoms with van der Waals surface area (Å²) in [5.74, 6) is 0.476. The molecule has 5 heteroatoms. The van der Waals surface area contributed by atoms with Crippen LogP contribution in [0.3, 0.4) is 0 Å². The highest BCUT2D eigenvalue weighted by atomic mass is 16.3. The molecule has 0 spiro atoms. The van der Waals surface area contributed by atoms with Crippen LogP contribution in [0.5, 0.6) is 0 Å². The molecule has 1 aliphatic carbocycles. The van der Waals surface area contributed by atoms with Gasteiger partial charge in [-0.2, -0.15) is 0 Å². The number of likely N-dealkylation sites (tertiary alicyclic amines) is 2. The lowest BCUT2D eigenvalue weighted by Crippen LogP contribution is -2.56. The van der Waals surface area contributed by atoms with E-state index in [0.717, 1.165) is 71.2 Å². The normalized spacial score (nSPS) is 29.6. The van der Waals surface area contributed by atoms with Crippen molar-refractivity contribution < 1.29 is 9.90 Å². The van der Waals surface area contributed by atoms with Crippen LogP contribution in [0.25, 0.3) is 0 Å². The van der Waals surface area contributed by atoms with Crippen molar-refractivity contribution in [3.05, 3.63) is 29.8 Å². The van der Waals surface area contributed by atoms with E-state index in [4.69, 9.17) is 0 Å². The summed E-state index contributed by atoms with van der Waals surface area (Å²) >= 11 is 0. The van der Waals surface area contributed by atoms with Crippen LogP contribution >= 0.6 is 0 Å². The van der Waals surface area contributed by atoms with E-state index in [1.165, 1.54) is 17.7 Å². The van der Waals surface area contributed by atoms with Crippen LogP contribution in [-0.2, 0) is 4.79 Å². The van der Waals surface area contributed by atoms with E-state index in [1.807, 2.05) is 4.90 Å². The average Bonchev–Trinajstić information content (AvgIpc) is 3.30. The summed E-state index contributed by atoms with van der Waals surface area (Å²) in [4.78, 5) is 19.7. The number of rotatable bonds is 6. The first-order valence-corrected chi connectivity index (χ1v) is 12.1. The van der Waals surface area contributed by atoms with Gasteiger partial charge >= 0.3 is 0 Å². The number of hydrogen-bond donors (Lipinski definition) is 1. The van der Waals surface area contributed by atoms with Gasteiger partial charge in [-0.1, -0.05) is 25.0 Å². The van der Waals surface area contributed by atoms with E-state index < -0.39 is 5.60 Å². The third-order valence-corrected chi connectivity index (χ3v) is 7.83. The van der Waals surface area contributed by atoms with Crippen molar-refractivity contribution in [2.24, 2.45) is 5.92 Å². The minimum Gasteiger partial charge on any atom is -0.389 e. The number of anilines is 1. The Morgan fingerprint density at radius 1 is 1.03 bits per heavy atom. The first-order valence-electron chi connectivity index (χ1n) is 12.1. The van der Waals surface area contributed by atoms with Gasteiger partial charge in [0.25, 0.3) is 0 Å². The lowest BCUT2D eigenvalue weighted by atomic mass is 9.66. The fraction of sp³-hybridized carbons (Fsp3) is 0.720. The third kappa shape index (κ3) is 4.24. The minimum atomic E-state index is -0.576. The topological polar surface area (TPSA) is 47.0 Å². The second-order valence-electron chi connectivity index (χ2n) is 9.47. The van der Waals surface area contributed by atoms with Crippen LogP contribution in [0.2, 0.25) is 0 Å². The van der Waals surface area contributed by atoms with Gasteiger partial charge in [-0.05, 0) is 63.6 Å². The molecule has 2 aliphatic heterocycles. The largest absolute Gasteiger partial charge is 0.389 e. The SMILES string of the molecule is CCN(CC)c1ccc([C@H]2[C@@H]3CCCC[C@]3(O)CCN2CC(=O)N2CCCC2)cc1. The number of carbonyl (C=O) groups excluding carboxylic acids is 1. The van der Waals surface area contributed by atoms with Gasteiger partial charge in [-0.15, -0.1) is 0 Å². The molecule has 1 aromatic carbocycles. The second kappa shape index (κ2) is 9.27. The van der Waals surface area contributed by atoms with Crippen molar-refractivity contribution >= 4 is 11.6 Å². The zero-order valence-corrected chi connectivity index (χ0v) is 18.9. The first-order chi connectivity index (χ1) is 14.6. The van der Waals surface area contributed by atoms with Gasteiger partial charge in [0, 0.05) is 50.4 Å². The summed E-state index contributed by atoms with van der Waals surface area (Å²) in [6, 6.07) is 9.05. The van der Waals surface area contributed by atoms with Crippen LogP contribution in [0.15, 0.2) is 24.3 Å². The summed E-state index contributed by atoms with van der Waals surface area (Å²) in [7, 11) is 0. The van der Waals surface area contributed by atoms with Crippen LogP contribution in [0.1, 0.15) is 70.4 Å². The summed E-state index contributed by atoms with van der Waals surface area (Å²) in [5.41, 5.74) is 1.93. The van der Waals surface area contributed by atoms with Crippen molar-refractivity contribution in [1.82, 2.24) is 9.80 Å². The molecule has 30 heavy (non-hydrogen) atoms. The van der Waals surface area contributed by atoms with E-state index in [2.05, 4.69) is 47.9 Å². The van der Waals surface area contributed by atoms with Crippen molar-refractivity contribution in [3.8, 4) is 0 Å². The second-order valence-corrected chi connectivity index (χ2v) is 9.47. The van der Waals surface area contributed by atoms with Gasteiger partial charge in [-0.3, -0.25) is 9.69 Å². The highest BCUT2D eigenvalue weighted by molar-refractivity contribution is 5.78. The van der Waals surface area contributed by atoms with Gasteiger partial charge in [0.15, 0.2) is 0 Å². The van der Waals surface area contributed by atoms with E-state index in [9.17, 15) is 9.90 Å². The number of carbonyl (C=O) groups is 1. The molecule has 1 N–H and O–H groups in total. The molecule has 1 amide bonds. The predicted octanol–water partition coefficient (Wildman–Crippen LogP) is 3.82. The minimum absolute atomic E-state index is 0.126. The lowest BCUT2D eigenvalue weighted by molar-refractivity contribution is -0.144. The summed E-state index contributed by atoms with van der Waals surface area (Å²) in [5, 5.41) is 11.5. The van der Waals surface area contributed by atoms with Crippen molar-refractivity contribution in [1.29, 1.82) is 0 Å². The molecule has 0 unspecified atom stereocenters. The maximum atomic E-state index is 13.0. The first kappa shape index (κ1) is 21.6. The Bertz CT molecular complexity index is 712. The molecule has 5 nitrogen and oxygen atoms in total. The Kier molecular flexibility index (Phi) is 6.69. The molecule has 0 radical (unpaired) electrons. The third-order valence-electron chi connectivity index (χ3n) is 7.83. The Balaban J connectivity index is 1.60. The molecule has 1 saturated carbocycles. The van der Waals surface area contributed by atoms with Crippen molar-refractivity contribution in [2.75, 3.05) is 44.2 Å². The van der Waals surface area contributed by atoms with Crippen LogP contribution in [-0.4, -0.2) is 65.7 Å². The Hall–Kier alpha value is -1.59. The Labute approximate surface area is 182 Å². The summed E-state index contributed by atoms with van der Waals surface area (Å²) in [6.45, 7) is 9.46. The zero-order valence-electron chi connectivity index (χ0n) is 18.9. The predicted molar refractivity (Wildman–Crippen MR) is 122 cm³/mol. The van der Waals surface area contributed by atoms with E-state index in [0.29, 0.717) is 6.54 Å². The molecule has 2 saturated heterocycles. The quantitative estimate of drug-likeness (QED) is 0.770. The molecule has 3 fully saturated rings. The number of benzene rings is 1. The highest BCUT2D eigenvalue weighted by Crippen LogP contribution is 2.49. The molecular weight excluding hydrogens is 374 g/mol. The Morgan fingerprint density at radius 2 is 1.73 bits per heavy atom. The van der Waals surface area contributed by atoms with E-state index in [1.54, 1.807) is 0 Å². The number of piperidine rings is 1. The maximum Gasteiger partial charge on any atom is 0.236 e. The molecule has 2 heterocycles. The number of fused-ring (bicyclic) bond motifs is 1. The average molecular weight is 414 g/mol. The molecule has 4 rings (SSSR count). The van der Waals surface area contributed by atoms with Gasteiger partial charge in [0.1, 0.15) is 0 Å². The molecular formula is C25H39N3O2. The fourth-order valence-corrected chi connectivity index (χ4v) is 6.07. The lowest BCUT2D eigenvalue weighted by Gasteiger charge is -2.52. The molecule has 0 aromatic heterocycles. The Morgan fingerprint density at radius 3 is 2.40 bits per heavy atom. The van der Waals surface area contributed by atoms with Gasteiger partial charge in [0.05, 0.1) is 12.1 Å². The molecule has 0 bridgehead atoms. The van der Waals surface area contributed by atoms with Crippen molar-refractivity contribution in [2.45, 2.75) is 70.4 Å². The highest BCUT2D eigenvalue weighted by Gasteiger charge is 2.49. The molecule has 3 aliphatic rings. The maximum absolute atomic E-state index is 13.0. The van der Waals surface area contributed by atoms with Crippen molar-refractivity contribution in [3.63, 3.8) is 0 Å². The number of nitrogens with zero attached hydrogens (tertiary/aromatic N) is 3. The smallest absolute Gasteiger partial charge is 0.236 e. The molecule has 3 atom stereocenters. The van der Waals surface area contributed by atoms with Gasteiger partial charge in [-0.25, -0.2) is 0 Å². The van der Waals surface area contributed by atoms with Crippen LogP contribution in [0.4, 0.5) is 5.69 Å². The number of hydrogen-bond acceptors (Lipinski definition) is 4. The van der Waals surface area contributed by atoms with Crippen LogP contribution < -0.4 is 4.90 Å². The van der Waals surface area contributed by atoms with E-state index in [-0.39, 0.29) is 17.9 Å². The number of aliphatic hydroxyl groups is 1. The van der Waals surface area contributed by atoms with Gasteiger partial charge < -0.3 is 14.9 Å². The zero-order chi connectivity index (χ0) is 21.1. The monoisotopic (exact) mass is 413 g/mol. The number of amides is 1. The molecule has 166 valence electrons. The van der Waals surface area contributed by atoms with Crippen LogP contribution in [0, 0.1) is 5.92 Å².